The molecule has 32 heavy (non-hydrogen) atoms. The summed E-state index contributed by atoms with van der Waals surface area (Å²) in [6.45, 7) is 5.28. The van der Waals surface area contributed by atoms with E-state index >= 15 is 0 Å². The first-order chi connectivity index (χ1) is 15.4. The maximum absolute atomic E-state index is 12.3. The number of anilines is 1. The largest absolute Gasteiger partial charge is 0.465 e. The van der Waals surface area contributed by atoms with Crippen molar-refractivity contribution in [2.45, 2.75) is 20.3 Å². The zero-order valence-electron chi connectivity index (χ0n) is 17.9. The van der Waals surface area contributed by atoms with Crippen LogP contribution in [0.15, 0.2) is 46.6 Å². The number of nitro groups is 1. The van der Waals surface area contributed by atoms with E-state index < -0.39 is 10.9 Å². The van der Waals surface area contributed by atoms with Crippen LogP contribution in [0.1, 0.15) is 28.6 Å². The average molecular weight is 452 g/mol. The van der Waals surface area contributed by atoms with Crippen LogP contribution in [-0.4, -0.2) is 31.1 Å². The second-order valence-electron chi connectivity index (χ2n) is 6.84. The lowest BCUT2D eigenvalue weighted by molar-refractivity contribution is -0.383. The van der Waals surface area contributed by atoms with Crippen LogP contribution < -0.4 is 4.90 Å². The van der Waals surface area contributed by atoms with E-state index in [1.807, 2.05) is 26.0 Å². The monoisotopic (exact) mass is 451 g/mol. The van der Waals surface area contributed by atoms with E-state index in [9.17, 15) is 14.9 Å². The molecular formula is C22H21N5O4S. The quantitative estimate of drug-likeness (QED) is 0.178. The van der Waals surface area contributed by atoms with Crippen molar-refractivity contribution in [1.29, 1.82) is 5.26 Å². The van der Waals surface area contributed by atoms with Crippen LogP contribution in [0.5, 0.6) is 0 Å². The summed E-state index contributed by atoms with van der Waals surface area (Å²) in [6.07, 6.45) is 0.425. The van der Waals surface area contributed by atoms with Crippen molar-refractivity contribution in [3.63, 3.8) is 0 Å². The number of nitrogens with zero attached hydrogens (tertiary/aromatic N) is 5. The molecule has 0 atom stereocenters. The standard InChI is InChI=1S/C22H21N5O4S/c1-4-26(12-6-11-23)15-9-10-16(14(2)13-15)24-25-20-19-17(27(29)30)7-5-8-18(19)32-21(20)22(28)31-3/h5,7-10,13H,4,6,12H2,1-3H3. The maximum Gasteiger partial charge on any atom is 0.350 e. The molecule has 9 nitrogen and oxygen atoms in total. The number of non-ortho nitro benzene ring substituents is 1. The molecule has 0 unspecified atom stereocenters. The summed E-state index contributed by atoms with van der Waals surface area (Å²) >= 11 is 1.08. The van der Waals surface area contributed by atoms with Crippen molar-refractivity contribution in [1.82, 2.24) is 0 Å². The number of thiophene rings is 1. The minimum absolute atomic E-state index is 0.122. The molecule has 0 bridgehead atoms. The highest BCUT2D eigenvalue weighted by atomic mass is 32.1. The molecule has 0 saturated carbocycles. The third kappa shape index (κ3) is 4.58. The third-order valence-corrected chi connectivity index (χ3v) is 6.04. The van der Waals surface area contributed by atoms with E-state index in [-0.39, 0.29) is 21.6 Å². The Morgan fingerprint density at radius 1 is 1.31 bits per heavy atom. The number of methoxy groups -OCH3 is 1. The Labute approximate surface area is 188 Å². The summed E-state index contributed by atoms with van der Waals surface area (Å²) in [6, 6.07) is 12.4. The van der Waals surface area contributed by atoms with E-state index in [1.54, 1.807) is 18.2 Å². The van der Waals surface area contributed by atoms with Gasteiger partial charge in [0, 0.05) is 29.5 Å². The van der Waals surface area contributed by atoms with Crippen molar-refractivity contribution in [2.75, 3.05) is 25.1 Å². The first kappa shape index (κ1) is 22.8. The fourth-order valence-electron chi connectivity index (χ4n) is 3.30. The SMILES string of the molecule is CCN(CCC#N)c1ccc(N=Nc2c(C(=O)OC)sc3cccc([N+](=O)[O-])c23)c(C)c1. The first-order valence-corrected chi connectivity index (χ1v) is 10.6. The Morgan fingerprint density at radius 2 is 2.09 bits per heavy atom. The Balaban J connectivity index is 2.05. The lowest BCUT2D eigenvalue weighted by atomic mass is 10.1. The predicted molar refractivity (Wildman–Crippen MR) is 123 cm³/mol. The number of nitro benzene ring substituents is 1. The second-order valence-corrected chi connectivity index (χ2v) is 7.89. The third-order valence-electron chi connectivity index (χ3n) is 4.91. The molecule has 0 fully saturated rings. The van der Waals surface area contributed by atoms with Gasteiger partial charge in [0.1, 0.15) is 10.6 Å². The van der Waals surface area contributed by atoms with Gasteiger partial charge in [-0.2, -0.15) is 10.4 Å². The summed E-state index contributed by atoms with van der Waals surface area (Å²) in [7, 11) is 1.25. The van der Waals surface area contributed by atoms with Crippen molar-refractivity contribution in [2.24, 2.45) is 10.2 Å². The second kappa shape index (κ2) is 9.98. The number of hydrogen-bond donors (Lipinski definition) is 0. The van der Waals surface area contributed by atoms with Crippen molar-refractivity contribution >= 4 is 50.1 Å². The van der Waals surface area contributed by atoms with E-state index in [0.717, 1.165) is 29.1 Å². The molecular weight excluding hydrogens is 430 g/mol. The van der Waals surface area contributed by atoms with E-state index in [1.165, 1.54) is 13.2 Å². The van der Waals surface area contributed by atoms with Gasteiger partial charge in [-0.15, -0.1) is 16.5 Å². The van der Waals surface area contributed by atoms with E-state index in [2.05, 4.69) is 21.2 Å². The molecule has 3 rings (SSSR count). The fourth-order valence-corrected chi connectivity index (χ4v) is 4.38. The highest BCUT2D eigenvalue weighted by molar-refractivity contribution is 7.21. The molecule has 0 N–H and O–H groups in total. The average Bonchev–Trinajstić information content (AvgIpc) is 3.17. The number of carbonyl (C=O) groups excluding carboxylic acids is 1. The lowest BCUT2D eigenvalue weighted by Crippen LogP contribution is -2.23. The molecule has 1 aromatic heterocycles. The van der Waals surface area contributed by atoms with Gasteiger partial charge in [-0.25, -0.2) is 4.79 Å². The molecule has 0 aliphatic heterocycles. The van der Waals surface area contributed by atoms with Gasteiger partial charge in [-0.1, -0.05) is 6.07 Å². The number of benzene rings is 2. The molecule has 0 aliphatic carbocycles. The number of nitriles is 1. The van der Waals surface area contributed by atoms with Gasteiger partial charge in [0.05, 0.1) is 35.6 Å². The number of rotatable bonds is 8. The molecule has 0 aliphatic rings. The topological polar surface area (TPSA) is 121 Å². The van der Waals surface area contributed by atoms with Gasteiger partial charge in [-0.05, 0) is 43.7 Å². The molecule has 0 amide bonds. The number of azo groups is 1. The van der Waals surface area contributed by atoms with Gasteiger partial charge in [-0.3, -0.25) is 10.1 Å². The highest BCUT2D eigenvalue weighted by Crippen LogP contribution is 2.44. The van der Waals surface area contributed by atoms with Crippen LogP contribution in [0.25, 0.3) is 10.1 Å². The van der Waals surface area contributed by atoms with Gasteiger partial charge >= 0.3 is 5.97 Å². The number of aryl methyl sites for hydroxylation is 1. The zero-order valence-corrected chi connectivity index (χ0v) is 18.7. The molecule has 0 saturated heterocycles. The van der Waals surface area contributed by atoms with Gasteiger partial charge in [0.25, 0.3) is 5.69 Å². The Morgan fingerprint density at radius 3 is 2.72 bits per heavy atom. The smallest absolute Gasteiger partial charge is 0.350 e. The minimum Gasteiger partial charge on any atom is -0.465 e. The Hall–Kier alpha value is -3.84. The van der Waals surface area contributed by atoms with Crippen LogP contribution >= 0.6 is 11.3 Å². The van der Waals surface area contributed by atoms with Crippen LogP contribution in [0.4, 0.5) is 22.7 Å². The van der Waals surface area contributed by atoms with Crippen LogP contribution in [-0.2, 0) is 4.74 Å². The number of esters is 1. The molecule has 1 heterocycles. The molecule has 2 aromatic carbocycles. The highest BCUT2D eigenvalue weighted by Gasteiger charge is 2.25. The molecule has 0 spiro atoms. The minimum atomic E-state index is -0.627. The molecule has 3 aromatic rings. The van der Waals surface area contributed by atoms with Gasteiger partial charge in [0.15, 0.2) is 0 Å². The number of hydrogen-bond acceptors (Lipinski definition) is 9. The maximum atomic E-state index is 12.3. The van der Waals surface area contributed by atoms with Gasteiger partial charge < -0.3 is 9.64 Å². The Kier molecular flexibility index (Phi) is 7.12. The number of fused-ring (bicyclic) bond motifs is 1. The summed E-state index contributed by atoms with van der Waals surface area (Å²) < 4.78 is 5.39. The van der Waals surface area contributed by atoms with Crippen molar-refractivity contribution in [3.8, 4) is 6.07 Å². The molecule has 0 radical (unpaired) electrons. The van der Waals surface area contributed by atoms with Gasteiger partial charge in [0.2, 0.25) is 0 Å². The van der Waals surface area contributed by atoms with Crippen LogP contribution in [0.2, 0.25) is 0 Å². The summed E-state index contributed by atoms with van der Waals surface area (Å²) in [5, 5.41) is 29.2. The summed E-state index contributed by atoms with van der Waals surface area (Å²) in [5.41, 5.74) is 2.35. The first-order valence-electron chi connectivity index (χ1n) is 9.83. The Bertz CT molecular complexity index is 1250. The fraction of sp³-hybridized carbons (Fsp3) is 0.273. The number of ether oxygens (including phenoxy) is 1. The van der Waals surface area contributed by atoms with Crippen LogP contribution in [0, 0.1) is 28.4 Å². The molecule has 164 valence electrons. The summed E-state index contributed by atoms with van der Waals surface area (Å²) in [4.78, 5) is 25.6. The molecule has 10 heteroatoms. The van der Waals surface area contributed by atoms with Crippen LogP contribution in [0.3, 0.4) is 0 Å². The predicted octanol–water partition coefficient (Wildman–Crippen LogP) is 6.06. The van der Waals surface area contributed by atoms with Crippen molar-refractivity contribution < 1.29 is 14.5 Å². The zero-order chi connectivity index (χ0) is 23.3. The van der Waals surface area contributed by atoms with E-state index in [4.69, 9.17) is 10.00 Å². The normalized spacial score (nSPS) is 10.9. The number of carbonyl (C=O) groups is 1. The van der Waals surface area contributed by atoms with Crippen molar-refractivity contribution in [3.05, 3.63) is 57.0 Å². The lowest BCUT2D eigenvalue weighted by Gasteiger charge is -2.22. The van der Waals surface area contributed by atoms with E-state index in [0.29, 0.717) is 23.4 Å². The summed E-state index contributed by atoms with van der Waals surface area (Å²) in [5.74, 6) is -0.627.